The Labute approximate surface area is 214 Å². The van der Waals surface area contributed by atoms with Gasteiger partial charge in [0.15, 0.2) is 5.54 Å². The van der Waals surface area contributed by atoms with Gasteiger partial charge in [0.25, 0.3) is 17.4 Å². The highest BCUT2D eigenvalue weighted by Gasteiger charge is 2.49. The van der Waals surface area contributed by atoms with Crippen LogP contribution >= 0.6 is 11.6 Å². The van der Waals surface area contributed by atoms with Gasteiger partial charge in [-0.05, 0) is 50.7 Å². The molecule has 0 aromatic heterocycles. The summed E-state index contributed by atoms with van der Waals surface area (Å²) in [6.07, 6.45) is -3.84. The van der Waals surface area contributed by atoms with E-state index in [2.05, 4.69) is 26.8 Å². The van der Waals surface area contributed by atoms with Gasteiger partial charge in [0, 0.05) is 49.6 Å². The molecule has 1 fully saturated rings. The van der Waals surface area contributed by atoms with E-state index in [9.17, 15) is 35.9 Å². The van der Waals surface area contributed by atoms with E-state index in [4.69, 9.17) is 11.6 Å². The number of carbonyl (C=O) groups excluding carboxylic acids is 2. The number of benzene rings is 1. The SMILES string of the molecule is C=N/C=C(\C=NC)[C@](C)(C(=O)NC1CCC(F)(F)CC1)N(C(=O)[C@H](F)Cl)c1ccc(OC(F)(F)F)cc1. The highest BCUT2D eigenvalue weighted by molar-refractivity contribution is 6.32. The minimum Gasteiger partial charge on any atom is -0.406 e. The summed E-state index contributed by atoms with van der Waals surface area (Å²) in [6.45, 7) is 4.52. The average Bonchev–Trinajstić information content (AvgIpc) is 2.80. The fourth-order valence-electron chi connectivity index (χ4n) is 3.89. The Morgan fingerprint density at radius 2 is 1.81 bits per heavy atom. The van der Waals surface area contributed by atoms with Crippen LogP contribution in [0.3, 0.4) is 0 Å². The van der Waals surface area contributed by atoms with Crippen LogP contribution in [0.5, 0.6) is 5.75 Å². The number of nitrogens with one attached hydrogen (secondary N) is 1. The summed E-state index contributed by atoms with van der Waals surface area (Å²) in [7, 11) is 1.34. The lowest BCUT2D eigenvalue weighted by atomic mass is 9.86. The topological polar surface area (TPSA) is 83.4 Å². The molecule has 1 aliphatic rings. The smallest absolute Gasteiger partial charge is 0.406 e. The standard InChI is InChI=1S/C23H25ClF6N4O3/c1-21(14(12-31-2)13-32-3,20(36)33-15-8-10-22(26,27)11-9-15)34(19(35)18(24)25)16-4-6-17(7-5-16)37-23(28,29)30/h4-7,12-13,15,18H,2,8-11H2,1,3H3,(H,33,36)/b14-12+,32-13?/t18-,21+/m0/s1. The lowest BCUT2D eigenvalue weighted by Crippen LogP contribution is -2.63. The van der Waals surface area contributed by atoms with Crippen molar-refractivity contribution < 1.29 is 40.7 Å². The number of anilines is 1. The van der Waals surface area contributed by atoms with Crippen LogP contribution in [0, 0.1) is 0 Å². The quantitative estimate of drug-likeness (QED) is 0.259. The molecular formula is C23H25ClF6N4O3. The molecule has 1 N–H and O–H groups in total. The molecule has 0 bridgehead atoms. The molecule has 0 radical (unpaired) electrons. The Morgan fingerprint density at radius 1 is 1.24 bits per heavy atom. The number of hydrogen-bond acceptors (Lipinski definition) is 5. The Bertz CT molecular complexity index is 1040. The monoisotopic (exact) mass is 554 g/mol. The normalized spacial score (nSPS) is 19.1. The van der Waals surface area contributed by atoms with E-state index in [-0.39, 0.29) is 24.1 Å². The van der Waals surface area contributed by atoms with Crippen LogP contribution in [0.1, 0.15) is 32.6 Å². The van der Waals surface area contributed by atoms with Gasteiger partial charge >= 0.3 is 6.36 Å². The third kappa shape index (κ3) is 7.70. The molecule has 0 heterocycles. The lowest BCUT2D eigenvalue weighted by molar-refractivity contribution is -0.274. The van der Waals surface area contributed by atoms with Crippen molar-refractivity contribution in [2.75, 3.05) is 11.9 Å². The predicted molar refractivity (Wildman–Crippen MR) is 127 cm³/mol. The molecule has 2 amide bonds. The van der Waals surface area contributed by atoms with Crippen LogP contribution in [-0.2, 0) is 9.59 Å². The van der Waals surface area contributed by atoms with Crippen LogP contribution in [0.25, 0.3) is 0 Å². The van der Waals surface area contributed by atoms with E-state index in [0.29, 0.717) is 4.90 Å². The van der Waals surface area contributed by atoms with E-state index in [1.165, 1.54) is 14.0 Å². The summed E-state index contributed by atoms with van der Waals surface area (Å²) < 4.78 is 83.0. The van der Waals surface area contributed by atoms with Crippen molar-refractivity contribution in [1.29, 1.82) is 0 Å². The molecular weight excluding hydrogens is 530 g/mol. The highest BCUT2D eigenvalue weighted by Crippen LogP contribution is 2.36. The number of rotatable bonds is 9. The second kappa shape index (κ2) is 12.0. The van der Waals surface area contributed by atoms with Gasteiger partial charge in [-0.3, -0.25) is 24.5 Å². The first-order valence-corrected chi connectivity index (χ1v) is 11.3. The van der Waals surface area contributed by atoms with Gasteiger partial charge in [-0.25, -0.2) is 13.2 Å². The summed E-state index contributed by atoms with van der Waals surface area (Å²) in [5.74, 6) is -5.86. The molecule has 0 unspecified atom stereocenters. The lowest BCUT2D eigenvalue weighted by Gasteiger charge is -2.42. The number of ether oxygens (including phenoxy) is 1. The second-order valence-corrected chi connectivity index (χ2v) is 8.73. The minimum absolute atomic E-state index is 0.0614. The number of amides is 2. The predicted octanol–water partition coefficient (Wildman–Crippen LogP) is 5.19. The zero-order chi connectivity index (χ0) is 28.0. The molecule has 2 atom stereocenters. The van der Waals surface area contributed by atoms with Gasteiger partial charge in [-0.15, -0.1) is 13.2 Å². The zero-order valence-corrected chi connectivity index (χ0v) is 20.6. The van der Waals surface area contributed by atoms with E-state index >= 15 is 0 Å². The van der Waals surface area contributed by atoms with Crippen molar-refractivity contribution in [2.45, 2.75) is 62.1 Å². The molecule has 7 nitrogen and oxygen atoms in total. The first-order chi connectivity index (χ1) is 17.1. The Hall–Kier alpha value is -3.09. The number of alkyl halides is 7. The molecule has 204 valence electrons. The average molecular weight is 555 g/mol. The van der Waals surface area contributed by atoms with Crippen molar-refractivity contribution in [3.63, 3.8) is 0 Å². The summed E-state index contributed by atoms with van der Waals surface area (Å²) in [5, 5.41) is 2.61. The Kier molecular flexibility index (Phi) is 9.75. The maximum Gasteiger partial charge on any atom is 0.573 e. The zero-order valence-electron chi connectivity index (χ0n) is 19.9. The molecule has 2 rings (SSSR count). The van der Waals surface area contributed by atoms with Crippen molar-refractivity contribution in [3.05, 3.63) is 36.0 Å². The number of nitrogens with zero attached hydrogens (tertiary/aromatic N) is 3. The number of hydrogen-bond donors (Lipinski definition) is 1. The van der Waals surface area contributed by atoms with E-state index in [1.807, 2.05) is 0 Å². The Morgan fingerprint density at radius 3 is 2.27 bits per heavy atom. The first kappa shape index (κ1) is 30.1. The van der Waals surface area contributed by atoms with E-state index < -0.39 is 59.9 Å². The molecule has 0 spiro atoms. The molecule has 1 aliphatic carbocycles. The molecule has 0 saturated heterocycles. The fraction of sp³-hybridized carbons (Fsp3) is 0.478. The molecule has 0 aliphatic heterocycles. The molecule has 1 aromatic rings. The second-order valence-electron chi connectivity index (χ2n) is 8.35. The van der Waals surface area contributed by atoms with Gasteiger partial charge in [-0.1, -0.05) is 11.6 Å². The van der Waals surface area contributed by atoms with Crippen LogP contribution in [0.2, 0.25) is 0 Å². The van der Waals surface area contributed by atoms with Crippen molar-refractivity contribution in [1.82, 2.24) is 5.32 Å². The summed E-state index contributed by atoms with van der Waals surface area (Å²) in [5.41, 5.74) is -5.12. The van der Waals surface area contributed by atoms with Crippen molar-refractivity contribution in [3.8, 4) is 5.75 Å². The van der Waals surface area contributed by atoms with Crippen molar-refractivity contribution >= 4 is 42.0 Å². The van der Waals surface area contributed by atoms with Crippen LogP contribution in [0.4, 0.5) is 32.0 Å². The maximum atomic E-state index is 14.2. The first-order valence-electron chi connectivity index (χ1n) is 10.9. The van der Waals surface area contributed by atoms with Gasteiger partial charge in [0.1, 0.15) is 5.75 Å². The maximum absolute atomic E-state index is 14.2. The number of halogens is 7. The van der Waals surface area contributed by atoms with Gasteiger partial charge in [-0.2, -0.15) is 0 Å². The van der Waals surface area contributed by atoms with Crippen LogP contribution in [-0.4, -0.2) is 61.3 Å². The summed E-state index contributed by atoms with van der Waals surface area (Å²) in [4.78, 5) is 34.8. The molecule has 1 saturated carbocycles. The third-order valence-corrected chi connectivity index (χ3v) is 5.92. The fourth-order valence-corrected chi connectivity index (χ4v) is 3.99. The minimum atomic E-state index is -4.99. The third-order valence-electron chi connectivity index (χ3n) is 5.74. The number of carbonyl (C=O) groups is 2. The Balaban J connectivity index is 2.62. The van der Waals surface area contributed by atoms with Gasteiger partial charge in [0.05, 0.1) is 0 Å². The summed E-state index contributed by atoms with van der Waals surface area (Å²) in [6, 6.07) is 3.00. The van der Waals surface area contributed by atoms with Crippen molar-refractivity contribution in [2.24, 2.45) is 9.98 Å². The summed E-state index contributed by atoms with van der Waals surface area (Å²) >= 11 is 5.45. The van der Waals surface area contributed by atoms with Gasteiger partial charge < -0.3 is 10.1 Å². The molecule has 14 heteroatoms. The van der Waals surface area contributed by atoms with Gasteiger partial charge in [0.2, 0.25) is 5.92 Å². The molecule has 37 heavy (non-hydrogen) atoms. The van der Waals surface area contributed by atoms with Crippen LogP contribution in [0.15, 0.2) is 46.0 Å². The highest BCUT2D eigenvalue weighted by atomic mass is 35.5. The van der Waals surface area contributed by atoms with Crippen LogP contribution < -0.4 is 15.0 Å². The largest absolute Gasteiger partial charge is 0.573 e. The molecule has 1 aromatic carbocycles. The number of aliphatic imine (C=N–C) groups is 2. The van der Waals surface area contributed by atoms with E-state index in [1.54, 1.807) is 0 Å². The van der Waals surface area contributed by atoms with E-state index in [0.717, 1.165) is 36.7 Å².